The monoisotopic (exact) mass is 436 g/mol. The molecule has 0 spiro atoms. The fraction of sp³-hybridized carbons (Fsp3) is 0.0833. The highest BCUT2D eigenvalue weighted by molar-refractivity contribution is 5.45. The number of hydrogen-bond acceptors (Lipinski definition) is 6. The van der Waals surface area contributed by atoms with Gasteiger partial charge in [0.1, 0.15) is 24.8 Å². The lowest BCUT2D eigenvalue weighted by Gasteiger charge is -2.09. The molecule has 6 nitrogen and oxygen atoms in total. The highest BCUT2D eigenvalue weighted by Crippen LogP contribution is 2.21. The first-order valence-electron chi connectivity index (χ1n) is 9.68. The van der Waals surface area contributed by atoms with Gasteiger partial charge in [-0.05, 0) is 42.0 Å². The minimum absolute atomic E-state index is 0.129. The number of nitrogens with zero attached hydrogens (tertiary/aromatic N) is 2. The standard InChI is InChI=1S/C12H10F2N2O.C12H12N2O/c13-9-3-1-4-10(14)8(9)7-17-11-5-2-6-16-12(11)15;13-12-11(7-4-8-14-12)15-9-10-5-2-1-3-6-10/h1-6H,7H2,(H2,15,16);1-8H,9H2,(H2,13,14). The van der Waals surface area contributed by atoms with Crippen LogP contribution in [0, 0.1) is 11.6 Å². The maximum atomic E-state index is 13.3. The predicted octanol–water partition coefficient (Wildman–Crippen LogP) is 4.76. The third kappa shape index (κ3) is 6.40. The van der Waals surface area contributed by atoms with Crippen molar-refractivity contribution in [3.05, 3.63) is 108 Å². The SMILES string of the molecule is Nc1ncccc1OCc1c(F)cccc1F.Nc1ncccc1OCc1ccccc1. The average molecular weight is 436 g/mol. The van der Waals surface area contributed by atoms with Gasteiger partial charge in [0.25, 0.3) is 0 Å². The van der Waals surface area contributed by atoms with E-state index in [9.17, 15) is 8.78 Å². The normalized spacial score (nSPS) is 10.1. The lowest BCUT2D eigenvalue weighted by molar-refractivity contribution is 0.293. The number of anilines is 2. The van der Waals surface area contributed by atoms with Crippen LogP contribution in [0.2, 0.25) is 0 Å². The zero-order chi connectivity index (χ0) is 22.8. The Balaban J connectivity index is 0.000000182. The molecule has 4 N–H and O–H groups in total. The van der Waals surface area contributed by atoms with Crippen molar-refractivity contribution in [2.75, 3.05) is 11.5 Å². The summed E-state index contributed by atoms with van der Waals surface area (Å²) < 4.78 is 37.3. The zero-order valence-corrected chi connectivity index (χ0v) is 17.1. The van der Waals surface area contributed by atoms with Crippen LogP contribution in [0.15, 0.2) is 85.2 Å². The second kappa shape index (κ2) is 11.3. The number of ether oxygens (including phenoxy) is 2. The Kier molecular flexibility index (Phi) is 7.91. The Morgan fingerprint density at radius 1 is 0.625 bits per heavy atom. The third-order valence-corrected chi connectivity index (χ3v) is 4.27. The first-order chi connectivity index (χ1) is 15.5. The van der Waals surface area contributed by atoms with E-state index in [-0.39, 0.29) is 18.0 Å². The van der Waals surface area contributed by atoms with Crippen LogP contribution in [0.3, 0.4) is 0 Å². The van der Waals surface area contributed by atoms with Gasteiger partial charge in [-0.1, -0.05) is 36.4 Å². The fourth-order valence-electron chi connectivity index (χ4n) is 2.61. The molecule has 4 rings (SSSR count). The van der Waals surface area contributed by atoms with E-state index in [1.807, 2.05) is 36.4 Å². The molecule has 0 atom stereocenters. The molecule has 0 aliphatic rings. The number of nitrogens with two attached hydrogens (primary N) is 2. The van der Waals surface area contributed by atoms with E-state index < -0.39 is 11.6 Å². The van der Waals surface area contributed by atoms with Crippen molar-refractivity contribution in [3.63, 3.8) is 0 Å². The van der Waals surface area contributed by atoms with Crippen molar-refractivity contribution >= 4 is 11.6 Å². The zero-order valence-electron chi connectivity index (χ0n) is 17.1. The molecule has 0 aliphatic heterocycles. The van der Waals surface area contributed by atoms with Crippen LogP contribution in [-0.4, -0.2) is 9.97 Å². The number of rotatable bonds is 6. The number of pyridine rings is 2. The molecule has 0 unspecified atom stereocenters. The minimum Gasteiger partial charge on any atom is -0.485 e. The topological polar surface area (TPSA) is 96.3 Å². The van der Waals surface area contributed by atoms with Crippen molar-refractivity contribution in [1.29, 1.82) is 0 Å². The van der Waals surface area contributed by atoms with Gasteiger partial charge < -0.3 is 20.9 Å². The van der Waals surface area contributed by atoms with Gasteiger partial charge in [-0.25, -0.2) is 18.7 Å². The molecule has 32 heavy (non-hydrogen) atoms. The van der Waals surface area contributed by atoms with E-state index >= 15 is 0 Å². The molecule has 2 heterocycles. The number of aromatic nitrogens is 2. The first-order valence-corrected chi connectivity index (χ1v) is 9.68. The number of nitrogen functional groups attached to an aromatic ring is 2. The Morgan fingerprint density at radius 2 is 1.16 bits per heavy atom. The molecule has 2 aromatic carbocycles. The Morgan fingerprint density at radius 3 is 1.69 bits per heavy atom. The number of benzene rings is 2. The summed E-state index contributed by atoms with van der Waals surface area (Å²) in [5.41, 5.74) is 12.2. The molecule has 0 saturated heterocycles. The van der Waals surface area contributed by atoms with Crippen molar-refractivity contribution in [2.45, 2.75) is 13.2 Å². The van der Waals surface area contributed by atoms with Gasteiger partial charge in [0.15, 0.2) is 23.1 Å². The predicted molar refractivity (Wildman–Crippen MR) is 119 cm³/mol. The molecule has 0 saturated carbocycles. The summed E-state index contributed by atoms with van der Waals surface area (Å²) in [5.74, 6) is 0.245. The van der Waals surface area contributed by atoms with Crippen LogP contribution in [-0.2, 0) is 13.2 Å². The number of hydrogen-bond donors (Lipinski definition) is 2. The maximum absolute atomic E-state index is 13.3. The summed E-state index contributed by atoms with van der Waals surface area (Å²) in [6.45, 7) is 0.283. The van der Waals surface area contributed by atoms with Gasteiger partial charge in [0.05, 0.1) is 5.56 Å². The smallest absolute Gasteiger partial charge is 0.166 e. The first kappa shape index (κ1) is 22.5. The van der Waals surface area contributed by atoms with E-state index in [2.05, 4.69) is 9.97 Å². The van der Waals surface area contributed by atoms with Crippen molar-refractivity contribution in [1.82, 2.24) is 9.97 Å². The summed E-state index contributed by atoms with van der Waals surface area (Å²) >= 11 is 0. The second-order valence-electron chi connectivity index (χ2n) is 6.54. The summed E-state index contributed by atoms with van der Waals surface area (Å²) in [5, 5.41) is 0. The van der Waals surface area contributed by atoms with Gasteiger partial charge in [0, 0.05) is 12.4 Å². The van der Waals surface area contributed by atoms with E-state index in [0.29, 0.717) is 23.9 Å². The van der Waals surface area contributed by atoms with Crippen LogP contribution in [0.25, 0.3) is 0 Å². The molecule has 8 heteroatoms. The van der Waals surface area contributed by atoms with Crippen molar-refractivity contribution in [3.8, 4) is 11.5 Å². The maximum Gasteiger partial charge on any atom is 0.166 e. The van der Waals surface area contributed by atoms with Crippen LogP contribution in [0.5, 0.6) is 11.5 Å². The van der Waals surface area contributed by atoms with Crippen LogP contribution < -0.4 is 20.9 Å². The van der Waals surface area contributed by atoms with Crippen LogP contribution in [0.4, 0.5) is 20.4 Å². The minimum atomic E-state index is -0.646. The summed E-state index contributed by atoms with van der Waals surface area (Å²) in [6.07, 6.45) is 3.15. The molecule has 0 fully saturated rings. The van der Waals surface area contributed by atoms with E-state index in [0.717, 1.165) is 5.56 Å². The summed E-state index contributed by atoms with van der Waals surface area (Å²) in [7, 11) is 0. The molecular weight excluding hydrogens is 414 g/mol. The molecule has 0 radical (unpaired) electrons. The highest BCUT2D eigenvalue weighted by atomic mass is 19.1. The Labute approximate surface area is 184 Å². The molecular formula is C24H22F2N4O2. The van der Waals surface area contributed by atoms with Gasteiger partial charge in [0.2, 0.25) is 0 Å². The van der Waals surface area contributed by atoms with Crippen LogP contribution in [0.1, 0.15) is 11.1 Å². The van der Waals surface area contributed by atoms with E-state index in [1.165, 1.54) is 24.4 Å². The van der Waals surface area contributed by atoms with Crippen molar-refractivity contribution in [2.24, 2.45) is 0 Å². The van der Waals surface area contributed by atoms with Gasteiger partial charge >= 0.3 is 0 Å². The molecule has 164 valence electrons. The Hall–Kier alpha value is -4.20. The number of halogens is 2. The van der Waals surface area contributed by atoms with E-state index in [1.54, 1.807) is 24.4 Å². The van der Waals surface area contributed by atoms with Gasteiger partial charge in [-0.15, -0.1) is 0 Å². The van der Waals surface area contributed by atoms with Crippen LogP contribution >= 0.6 is 0 Å². The molecule has 0 amide bonds. The summed E-state index contributed by atoms with van der Waals surface area (Å²) in [6, 6.07) is 20.4. The quantitative estimate of drug-likeness (QED) is 0.452. The largest absolute Gasteiger partial charge is 0.485 e. The van der Waals surface area contributed by atoms with Crippen molar-refractivity contribution < 1.29 is 18.3 Å². The van der Waals surface area contributed by atoms with Gasteiger partial charge in [-0.3, -0.25) is 0 Å². The molecule has 0 bridgehead atoms. The highest BCUT2D eigenvalue weighted by Gasteiger charge is 2.10. The Bertz CT molecular complexity index is 1120. The molecule has 0 aliphatic carbocycles. The summed E-state index contributed by atoms with van der Waals surface area (Å²) in [4.78, 5) is 7.75. The molecule has 4 aromatic rings. The van der Waals surface area contributed by atoms with Gasteiger partial charge in [-0.2, -0.15) is 0 Å². The molecule has 2 aromatic heterocycles. The lowest BCUT2D eigenvalue weighted by atomic mass is 10.2. The average Bonchev–Trinajstić information content (AvgIpc) is 2.80. The van der Waals surface area contributed by atoms with E-state index in [4.69, 9.17) is 20.9 Å². The fourth-order valence-corrected chi connectivity index (χ4v) is 2.61. The third-order valence-electron chi connectivity index (χ3n) is 4.27. The lowest BCUT2D eigenvalue weighted by Crippen LogP contribution is -2.04. The second-order valence-corrected chi connectivity index (χ2v) is 6.54.